The predicted molar refractivity (Wildman–Crippen MR) is 157 cm³/mol. The van der Waals surface area contributed by atoms with E-state index in [9.17, 15) is 15.0 Å². The summed E-state index contributed by atoms with van der Waals surface area (Å²) in [5.74, 6) is 0.0584. The number of halogens is 1. The van der Waals surface area contributed by atoms with Crippen molar-refractivity contribution in [1.29, 1.82) is 0 Å². The standard InChI is InChI=1S/C32H33ClN4O3/c1-21-5-2-3-6-23(21)11-14-27-26(31(40)34-17-16-22-8-15-29(38)30(39)19-22)20-35-32(36-27)37-18-4-7-28(37)24-9-12-25(33)13-10-24/h2-3,5-6,8-10,12-13,15,19-20,28,38-39H,4,7,11,14,16-18H2,1H3,(H,34,40). The molecule has 1 aromatic heterocycles. The molecular weight excluding hydrogens is 524 g/mol. The summed E-state index contributed by atoms with van der Waals surface area (Å²) < 4.78 is 0. The molecule has 1 aliphatic heterocycles. The Hall–Kier alpha value is -4.10. The number of phenols is 2. The minimum Gasteiger partial charge on any atom is -0.504 e. The van der Waals surface area contributed by atoms with Gasteiger partial charge in [0.2, 0.25) is 5.95 Å². The zero-order valence-corrected chi connectivity index (χ0v) is 23.2. The molecule has 1 fully saturated rings. The van der Waals surface area contributed by atoms with E-state index in [0.717, 1.165) is 37.1 Å². The first-order valence-corrected chi connectivity index (χ1v) is 14.0. The van der Waals surface area contributed by atoms with Crippen molar-refractivity contribution >= 4 is 23.5 Å². The average molecular weight is 557 g/mol. The summed E-state index contributed by atoms with van der Waals surface area (Å²) in [6.07, 6.45) is 5.55. The minimum absolute atomic E-state index is 0.155. The SMILES string of the molecule is Cc1ccccc1CCc1nc(N2CCCC2c2ccc(Cl)cc2)ncc1C(=O)NCCc1ccc(O)c(O)c1. The van der Waals surface area contributed by atoms with Crippen LogP contribution in [0.2, 0.25) is 5.02 Å². The fourth-order valence-electron chi connectivity index (χ4n) is 5.25. The molecular formula is C32H33ClN4O3. The molecule has 0 radical (unpaired) electrons. The van der Waals surface area contributed by atoms with Gasteiger partial charge < -0.3 is 20.4 Å². The van der Waals surface area contributed by atoms with Gasteiger partial charge in [-0.3, -0.25) is 4.79 Å². The van der Waals surface area contributed by atoms with Crippen LogP contribution in [0.25, 0.3) is 0 Å². The van der Waals surface area contributed by atoms with E-state index < -0.39 is 0 Å². The number of aromatic nitrogens is 2. The molecule has 206 valence electrons. The van der Waals surface area contributed by atoms with Gasteiger partial charge in [-0.05, 0) is 85.5 Å². The Kier molecular flexibility index (Phi) is 8.51. The maximum atomic E-state index is 13.3. The van der Waals surface area contributed by atoms with Crippen LogP contribution in [0.5, 0.6) is 11.5 Å². The average Bonchev–Trinajstić information content (AvgIpc) is 3.45. The molecule has 1 saturated heterocycles. The van der Waals surface area contributed by atoms with E-state index in [2.05, 4.69) is 46.4 Å². The number of carbonyl (C=O) groups is 1. The number of nitrogens with zero attached hydrogens (tertiary/aromatic N) is 3. The van der Waals surface area contributed by atoms with Crippen LogP contribution in [0, 0.1) is 6.92 Å². The van der Waals surface area contributed by atoms with Gasteiger partial charge in [-0.2, -0.15) is 0 Å². The van der Waals surface area contributed by atoms with Crippen molar-refractivity contribution in [1.82, 2.24) is 15.3 Å². The molecule has 0 saturated carbocycles. The normalized spacial score (nSPS) is 14.8. The number of nitrogens with one attached hydrogen (secondary N) is 1. The Balaban J connectivity index is 1.37. The number of hydrogen-bond donors (Lipinski definition) is 3. The van der Waals surface area contributed by atoms with Crippen molar-refractivity contribution < 1.29 is 15.0 Å². The van der Waals surface area contributed by atoms with Crippen LogP contribution in [-0.4, -0.2) is 39.2 Å². The number of phenolic OH excluding ortho intramolecular Hbond substituents is 2. The molecule has 5 rings (SSSR count). The summed E-state index contributed by atoms with van der Waals surface area (Å²) in [5, 5.41) is 23.0. The molecule has 0 aliphatic carbocycles. The Labute approximate surface area is 239 Å². The van der Waals surface area contributed by atoms with Crippen molar-refractivity contribution in [3.05, 3.63) is 111 Å². The first-order valence-electron chi connectivity index (χ1n) is 13.6. The molecule has 0 spiro atoms. The van der Waals surface area contributed by atoms with Crippen molar-refractivity contribution in [3.8, 4) is 11.5 Å². The molecule has 7 nitrogen and oxygen atoms in total. The van der Waals surface area contributed by atoms with Crippen molar-refractivity contribution in [2.75, 3.05) is 18.0 Å². The predicted octanol–water partition coefficient (Wildman–Crippen LogP) is 5.95. The van der Waals surface area contributed by atoms with Crippen LogP contribution >= 0.6 is 11.6 Å². The van der Waals surface area contributed by atoms with Gasteiger partial charge in [0, 0.05) is 24.3 Å². The van der Waals surface area contributed by atoms with Gasteiger partial charge in [-0.15, -0.1) is 0 Å². The molecule has 1 aliphatic rings. The molecule has 2 heterocycles. The number of benzene rings is 3. The molecule has 0 bridgehead atoms. The maximum Gasteiger partial charge on any atom is 0.254 e. The smallest absolute Gasteiger partial charge is 0.254 e. The van der Waals surface area contributed by atoms with Crippen molar-refractivity contribution in [2.45, 2.75) is 45.1 Å². The van der Waals surface area contributed by atoms with E-state index in [1.165, 1.54) is 28.8 Å². The van der Waals surface area contributed by atoms with E-state index >= 15 is 0 Å². The minimum atomic E-state index is -0.231. The summed E-state index contributed by atoms with van der Waals surface area (Å²) in [4.78, 5) is 25.2. The summed E-state index contributed by atoms with van der Waals surface area (Å²) >= 11 is 6.12. The van der Waals surface area contributed by atoms with Crippen LogP contribution in [-0.2, 0) is 19.3 Å². The fraction of sp³-hybridized carbons (Fsp3) is 0.281. The van der Waals surface area contributed by atoms with Crippen molar-refractivity contribution in [3.63, 3.8) is 0 Å². The highest BCUT2D eigenvalue weighted by Crippen LogP contribution is 2.35. The molecule has 40 heavy (non-hydrogen) atoms. The highest BCUT2D eigenvalue weighted by atomic mass is 35.5. The molecule has 3 aromatic carbocycles. The van der Waals surface area contributed by atoms with E-state index in [1.807, 2.05) is 24.3 Å². The maximum absolute atomic E-state index is 13.3. The molecule has 4 aromatic rings. The van der Waals surface area contributed by atoms with Gasteiger partial charge in [0.1, 0.15) is 0 Å². The van der Waals surface area contributed by atoms with Crippen LogP contribution < -0.4 is 10.2 Å². The largest absolute Gasteiger partial charge is 0.504 e. The molecule has 1 atom stereocenters. The Morgan fingerprint density at radius 2 is 1.82 bits per heavy atom. The van der Waals surface area contributed by atoms with E-state index in [4.69, 9.17) is 16.6 Å². The lowest BCUT2D eigenvalue weighted by Gasteiger charge is -2.26. The monoisotopic (exact) mass is 556 g/mol. The number of carbonyl (C=O) groups excluding carboxylic acids is 1. The second-order valence-electron chi connectivity index (χ2n) is 10.2. The van der Waals surface area contributed by atoms with Crippen LogP contribution in [0.4, 0.5) is 5.95 Å². The van der Waals surface area contributed by atoms with E-state index in [-0.39, 0.29) is 23.4 Å². The Morgan fingerprint density at radius 1 is 1.02 bits per heavy atom. The summed E-state index contributed by atoms with van der Waals surface area (Å²) in [7, 11) is 0. The van der Waals surface area contributed by atoms with E-state index in [0.29, 0.717) is 35.9 Å². The van der Waals surface area contributed by atoms with Gasteiger partial charge in [0.25, 0.3) is 5.91 Å². The Bertz CT molecular complexity index is 1490. The van der Waals surface area contributed by atoms with Gasteiger partial charge >= 0.3 is 0 Å². The summed E-state index contributed by atoms with van der Waals surface area (Å²) in [6.45, 7) is 3.30. The third kappa shape index (κ3) is 6.37. The third-order valence-corrected chi connectivity index (χ3v) is 7.75. The quantitative estimate of drug-likeness (QED) is 0.220. The lowest BCUT2D eigenvalue weighted by atomic mass is 10.0. The zero-order valence-electron chi connectivity index (χ0n) is 22.5. The lowest BCUT2D eigenvalue weighted by Crippen LogP contribution is -2.29. The van der Waals surface area contributed by atoms with Crippen molar-refractivity contribution in [2.24, 2.45) is 0 Å². The highest BCUT2D eigenvalue weighted by Gasteiger charge is 2.29. The number of aryl methyl sites for hydroxylation is 3. The van der Waals surface area contributed by atoms with E-state index in [1.54, 1.807) is 12.3 Å². The number of aromatic hydroxyl groups is 2. The van der Waals surface area contributed by atoms with Gasteiger partial charge in [-0.25, -0.2) is 9.97 Å². The first-order chi connectivity index (χ1) is 19.4. The molecule has 1 unspecified atom stereocenters. The summed E-state index contributed by atoms with van der Waals surface area (Å²) in [5.41, 5.74) is 5.60. The molecule has 1 amide bonds. The number of amides is 1. The topological polar surface area (TPSA) is 98.6 Å². The van der Waals surface area contributed by atoms with Crippen LogP contribution in [0.3, 0.4) is 0 Å². The summed E-state index contributed by atoms with van der Waals surface area (Å²) in [6, 6.07) is 21.0. The number of hydrogen-bond acceptors (Lipinski definition) is 6. The van der Waals surface area contributed by atoms with Gasteiger partial charge in [0.15, 0.2) is 11.5 Å². The second kappa shape index (κ2) is 12.4. The van der Waals surface area contributed by atoms with Crippen LogP contribution in [0.15, 0.2) is 72.9 Å². The first kappa shape index (κ1) is 27.5. The highest BCUT2D eigenvalue weighted by molar-refractivity contribution is 6.30. The molecule has 3 N–H and O–H groups in total. The van der Waals surface area contributed by atoms with Gasteiger partial charge in [-0.1, -0.05) is 54.1 Å². The number of anilines is 1. The Morgan fingerprint density at radius 3 is 2.60 bits per heavy atom. The lowest BCUT2D eigenvalue weighted by molar-refractivity contribution is 0.0952. The van der Waals surface area contributed by atoms with Gasteiger partial charge in [0.05, 0.1) is 17.3 Å². The fourth-order valence-corrected chi connectivity index (χ4v) is 5.37. The van der Waals surface area contributed by atoms with Crippen LogP contribution in [0.1, 0.15) is 57.2 Å². The second-order valence-corrected chi connectivity index (χ2v) is 10.6. The molecule has 8 heteroatoms. The zero-order chi connectivity index (χ0) is 28.1. The third-order valence-electron chi connectivity index (χ3n) is 7.50. The number of rotatable bonds is 9.